The van der Waals surface area contributed by atoms with E-state index < -0.39 is 0 Å². The first-order valence-electron chi connectivity index (χ1n) is 5.26. The molecule has 1 saturated heterocycles. The zero-order valence-electron chi connectivity index (χ0n) is 9.55. The molecule has 1 aliphatic heterocycles. The van der Waals surface area contributed by atoms with E-state index in [1.54, 1.807) is 7.11 Å². The molecule has 2 rings (SSSR count). The second-order valence-electron chi connectivity index (χ2n) is 4.45. The molecule has 0 saturated carbocycles. The molecule has 3 heteroatoms. The lowest BCUT2D eigenvalue weighted by atomic mass is 9.83. The molecule has 0 spiro atoms. The van der Waals surface area contributed by atoms with Gasteiger partial charge in [0.05, 0.1) is 7.11 Å². The zero-order valence-corrected chi connectivity index (χ0v) is 9.55. The first-order chi connectivity index (χ1) is 7.15. The number of methoxy groups -OCH3 is 1. The summed E-state index contributed by atoms with van der Waals surface area (Å²) in [6.45, 7) is 6.29. The topological polar surface area (TPSA) is 33.3 Å². The molecule has 0 aliphatic carbocycles. The fraction of sp³-hybridized carbons (Fsp3) is 0.500. The van der Waals surface area contributed by atoms with E-state index in [9.17, 15) is 0 Å². The highest BCUT2D eigenvalue weighted by Crippen LogP contribution is 2.28. The quantitative estimate of drug-likeness (QED) is 0.766. The van der Waals surface area contributed by atoms with Crippen molar-refractivity contribution >= 4 is 0 Å². The average molecular weight is 206 g/mol. The minimum Gasteiger partial charge on any atom is -0.496 e. The van der Waals surface area contributed by atoms with E-state index in [0.717, 1.165) is 18.8 Å². The number of hydrogen-bond donors (Lipinski definition) is 2. The minimum absolute atomic E-state index is 0.191. The van der Waals surface area contributed by atoms with Crippen molar-refractivity contribution in [1.29, 1.82) is 0 Å². The molecule has 1 heterocycles. The second-order valence-corrected chi connectivity index (χ2v) is 4.45. The molecule has 0 amide bonds. The van der Waals surface area contributed by atoms with Gasteiger partial charge in [0.1, 0.15) is 5.75 Å². The van der Waals surface area contributed by atoms with Gasteiger partial charge in [-0.15, -0.1) is 0 Å². The smallest absolute Gasteiger partial charge is 0.121 e. The molecule has 3 nitrogen and oxygen atoms in total. The Kier molecular flexibility index (Phi) is 2.67. The van der Waals surface area contributed by atoms with Crippen LogP contribution in [-0.4, -0.2) is 20.2 Å². The van der Waals surface area contributed by atoms with Gasteiger partial charge in [0.2, 0.25) is 0 Å². The number of hydrogen-bond acceptors (Lipinski definition) is 3. The van der Waals surface area contributed by atoms with Crippen LogP contribution in [0.5, 0.6) is 5.75 Å². The number of aryl methyl sites for hydroxylation is 1. The Labute approximate surface area is 90.8 Å². The third-order valence-electron chi connectivity index (χ3n) is 3.17. The Hall–Kier alpha value is -1.06. The molecule has 0 atom stereocenters. The molecule has 2 N–H and O–H groups in total. The molecule has 15 heavy (non-hydrogen) atoms. The predicted molar refractivity (Wildman–Crippen MR) is 61.1 cm³/mol. The number of rotatable bonds is 2. The summed E-state index contributed by atoms with van der Waals surface area (Å²) < 4.78 is 5.26. The van der Waals surface area contributed by atoms with E-state index >= 15 is 0 Å². The third kappa shape index (κ3) is 1.85. The Balaban J connectivity index is 2.33. The monoisotopic (exact) mass is 206 g/mol. The number of hydrazine groups is 1. The van der Waals surface area contributed by atoms with Gasteiger partial charge in [-0.2, -0.15) is 0 Å². The second kappa shape index (κ2) is 3.83. The summed E-state index contributed by atoms with van der Waals surface area (Å²) in [4.78, 5) is 0. The van der Waals surface area contributed by atoms with Gasteiger partial charge in [-0.05, 0) is 24.1 Å². The van der Waals surface area contributed by atoms with Crippen LogP contribution < -0.4 is 15.6 Å². The van der Waals surface area contributed by atoms with E-state index in [-0.39, 0.29) is 5.41 Å². The lowest BCUT2D eigenvalue weighted by Crippen LogP contribution is -2.27. The maximum absolute atomic E-state index is 5.26. The highest BCUT2D eigenvalue weighted by atomic mass is 16.5. The van der Waals surface area contributed by atoms with Gasteiger partial charge < -0.3 is 4.74 Å². The molecule has 0 aromatic heterocycles. The summed E-state index contributed by atoms with van der Waals surface area (Å²) >= 11 is 0. The molecule has 1 aromatic rings. The minimum atomic E-state index is 0.191. The predicted octanol–water partition coefficient (Wildman–Crippen LogP) is 1.37. The van der Waals surface area contributed by atoms with Gasteiger partial charge in [-0.3, -0.25) is 10.9 Å². The van der Waals surface area contributed by atoms with Crippen molar-refractivity contribution in [2.45, 2.75) is 19.3 Å². The van der Waals surface area contributed by atoms with E-state index in [0.29, 0.717) is 0 Å². The van der Waals surface area contributed by atoms with Gasteiger partial charge in [0, 0.05) is 18.5 Å². The van der Waals surface area contributed by atoms with Crippen molar-refractivity contribution in [3.8, 4) is 5.75 Å². The summed E-state index contributed by atoms with van der Waals surface area (Å²) in [6, 6.07) is 6.42. The van der Waals surface area contributed by atoms with E-state index in [2.05, 4.69) is 36.8 Å². The molecular weight excluding hydrogens is 188 g/mol. The van der Waals surface area contributed by atoms with Gasteiger partial charge >= 0.3 is 0 Å². The molecule has 0 radical (unpaired) electrons. The van der Waals surface area contributed by atoms with Crippen LogP contribution in [0.25, 0.3) is 0 Å². The lowest BCUT2D eigenvalue weighted by molar-refractivity contribution is 0.411. The van der Waals surface area contributed by atoms with Gasteiger partial charge in [-0.1, -0.05) is 19.1 Å². The largest absolute Gasteiger partial charge is 0.496 e. The highest BCUT2D eigenvalue weighted by Gasteiger charge is 2.30. The van der Waals surface area contributed by atoms with Crippen molar-refractivity contribution in [2.24, 2.45) is 0 Å². The van der Waals surface area contributed by atoms with Crippen molar-refractivity contribution < 1.29 is 4.74 Å². The molecule has 1 aliphatic rings. The fourth-order valence-corrected chi connectivity index (χ4v) is 2.04. The molecule has 1 fully saturated rings. The highest BCUT2D eigenvalue weighted by molar-refractivity contribution is 5.39. The standard InChI is InChI=1S/C12H18N2O/c1-9-6-10(4-5-11(9)15-3)12(2)7-13-14-8-12/h4-6,13-14H,7-8H2,1-3H3. The summed E-state index contributed by atoms with van der Waals surface area (Å²) in [5, 5.41) is 0. The SMILES string of the molecule is COc1ccc(C2(C)CNNC2)cc1C. The average Bonchev–Trinajstić information content (AvgIpc) is 2.66. The molecule has 0 unspecified atom stereocenters. The van der Waals surface area contributed by atoms with Crippen LogP contribution in [0, 0.1) is 6.92 Å². The normalized spacial score (nSPS) is 19.1. The lowest BCUT2D eigenvalue weighted by Gasteiger charge is -2.23. The fourth-order valence-electron chi connectivity index (χ4n) is 2.04. The molecule has 0 bridgehead atoms. The van der Waals surface area contributed by atoms with Crippen LogP contribution in [0.4, 0.5) is 0 Å². The molecule has 1 aromatic carbocycles. The van der Waals surface area contributed by atoms with Crippen molar-refractivity contribution in [3.05, 3.63) is 29.3 Å². The maximum atomic E-state index is 5.26. The Morgan fingerprint density at radius 3 is 2.47 bits per heavy atom. The van der Waals surface area contributed by atoms with Crippen LogP contribution in [-0.2, 0) is 5.41 Å². The van der Waals surface area contributed by atoms with Crippen molar-refractivity contribution in [2.75, 3.05) is 20.2 Å². The molecular formula is C12H18N2O. The first-order valence-corrected chi connectivity index (χ1v) is 5.26. The van der Waals surface area contributed by atoms with Gasteiger partial charge in [0.25, 0.3) is 0 Å². The molecule has 82 valence electrons. The zero-order chi connectivity index (χ0) is 10.9. The van der Waals surface area contributed by atoms with E-state index in [4.69, 9.17) is 4.74 Å². The number of benzene rings is 1. The van der Waals surface area contributed by atoms with E-state index in [1.807, 2.05) is 6.07 Å². The van der Waals surface area contributed by atoms with E-state index in [1.165, 1.54) is 11.1 Å². The van der Waals surface area contributed by atoms with Crippen molar-refractivity contribution in [1.82, 2.24) is 10.9 Å². The Bertz CT molecular complexity index is 357. The van der Waals surface area contributed by atoms with Crippen LogP contribution in [0.2, 0.25) is 0 Å². The van der Waals surface area contributed by atoms with Crippen LogP contribution >= 0.6 is 0 Å². The summed E-state index contributed by atoms with van der Waals surface area (Å²) in [7, 11) is 1.71. The Morgan fingerprint density at radius 2 is 1.93 bits per heavy atom. The van der Waals surface area contributed by atoms with Crippen LogP contribution in [0.3, 0.4) is 0 Å². The van der Waals surface area contributed by atoms with Gasteiger partial charge in [0.15, 0.2) is 0 Å². The van der Waals surface area contributed by atoms with Gasteiger partial charge in [-0.25, -0.2) is 0 Å². The summed E-state index contributed by atoms with van der Waals surface area (Å²) in [5.74, 6) is 0.960. The summed E-state index contributed by atoms with van der Waals surface area (Å²) in [6.07, 6.45) is 0. The summed E-state index contributed by atoms with van der Waals surface area (Å²) in [5.41, 5.74) is 9.10. The van der Waals surface area contributed by atoms with Crippen molar-refractivity contribution in [3.63, 3.8) is 0 Å². The number of ether oxygens (including phenoxy) is 1. The van der Waals surface area contributed by atoms with Crippen LogP contribution in [0.15, 0.2) is 18.2 Å². The third-order valence-corrected chi connectivity index (χ3v) is 3.17. The first kappa shape index (κ1) is 10.5. The number of nitrogens with one attached hydrogen (secondary N) is 2. The Morgan fingerprint density at radius 1 is 1.27 bits per heavy atom. The van der Waals surface area contributed by atoms with Crippen LogP contribution in [0.1, 0.15) is 18.1 Å². The maximum Gasteiger partial charge on any atom is 0.121 e.